The maximum Gasteiger partial charge on any atom is 0.127 e. The number of nitrogen functional groups attached to an aromatic ring is 1. The lowest BCUT2D eigenvalue weighted by molar-refractivity contribution is 0.114. The zero-order valence-corrected chi connectivity index (χ0v) is 19.1. The lowest BCUT2D eigenvalue weighted by atomic mass is 9.92. The third-order valence-electron chi connectivity index (χ3n) is 5.75. The van der Waals surface area contributed by atoms with E-state index in [0.717, 1.165) is 42.9 Å². The minimum Gasteiger partial charge on any atom is -0.485 e. The average molecular weight is 425 g/mol. The molecule has 1 unspecified atom stereocenters. The van der Waals surface area contributed by atoms with Gasteiger partial charge in [-0.15, -0.1) is 24.8 Å². The molecule has 0 saturated carbocycles. The van der Waals surface area contributed by atoms with Gasteiger partial charge in [-0.25, -0.2) is 0 Å². The minimum atomic E-state index is -0.183. The minimum absolute atomic E-state index is 0. The van der Waals surface area contributed by atoms with Crippen LogP contribution in [0.2, 0.25) is 0 Å². The Kier molecular flexibility index (Phi) is 9.13. The van der Waals surface area contributed by atoms with Gasteiger partial charge in [-0.3, -0.25) is 0 Å². The first-order chi connectivity index (χ1) is 12.4. The van der Waals surface area contributed by atoms with Crippen LogP contribution >= 0.6 is 24.8 Å². The fourth-order valence-corrected chi connectivity index (χ4v) is 3.90. The molecule has 2 aromatic rings. The molecule has 1 aliphatic heterocycles. The van der Waals surface area contributed by atoms with E-state index >= 15 is 0 Å². The van der Waals surface area contributed by atoms with E-state index in [9.17, 15) is 0 Å². The molecule has 0 aromatic heterocycles. The fraction of sp³-hybridized carbons (Fsp3) is 0.478. The van der Waals surface area contributed by atoms with Crippen molar-refractivity contribution in [1.82, 2.24) is 5.32 Å². The number of nitrogens with one attached hydrogen (secondary N) is 1. The topological polar surface area (TPSA) is 47.3 Å². The van der Waals surface area contributed by atoms with Crippen molar-refractivity contribution in [2.24, 2.45) is 0 Å². The number of aryl methyl sites for hydroxylation is 1. The van der Waals surface area contributed by atoms with Crippen LogP contribution in [0.1, 0.15) is 47.6 Å². The van der Waals surface area contributed by atoms with Gasteiger partial charge in [0.05, 0.1) is 0 Å². The smallest absolute Gasteiger partial charge is 0.127 e. The van der Waals surface area contributed by atoms with E-state index in [2.05, 4.69) is 63.3 Å². The van der Waals surface area contributed by atoms with E-state index < -0.39 is 0 Å². The van der Waals surface area contributed by atoms with Gasteiger partial charge in [0.1, 0.15) is 11.4 Å². The Hall–Kier alpha value is -1.42. The van der Waals surface area contributed by atoms with Gasteiger partial charge in [-0.1, -0.05) is 30.3 Å². The second-order valence-corrected chi connectivity index (χ2v) is 7.94. The predicted molar refractivity (Wildman–Crippen MR) is 125 cm³/mol. The first-order valence-electron chi connectivity index (χ1n) is 9.73. The van der Waals surface area contributed by atoms with E-state index in [0.29, 0.717) is 0 Å². The summed E-state index contributed by atoms with van der Waals surface area (Å²) in [5.41, 5.74) is 13.3. The predicted octanol–water partition coefficient (Wildman–Crippen LogP) is 5.34. The lowest BCUT2D eigenvalue weighted by Crippen LogP contribution is -2.42. The Bertz CT molecular complexity index is 741. The van der Waals surface area contributed by atoms with Crippen LogP contribution in [0.4, 0.5) is 5.69 Å². The first-order valence-corrected chi connectivity index (χ1v) is 9.73. The Morgan fingerprint density at radius 1 is 1.00 bits per heavy atom. The van der Waals surface area contributed by atoms with Crippen LogP contribution in [0.5, 0.6) is 5.75 Å². The van der Waals surface area contributed by atoms with Gasteiger partial charge in [0.15, 0.2) is 0 Å². The number of halogens is 2. The van der Waals surface area contributed by atoms with Crippen molar-refractivity contribution < 1.29 is 4.74 Å². The standard InChI is InChI=1S/C23H32N2O.2ClH/c1-16-17(2)22-20(18(3)21(16)24)14-23(4,26-22)15-25-13-9-8-12-19-10-6-5-7-11-19;;/h5-7,10-11,25H,8-9,12-15,24H2,1-4H3;2*1H. The zero-order valence-electron chi connectivity index (χ0n) is 17.4. The molecule has 156 valence electrons. The van der Waals surface area contributed by atoms with E-state index in [4.69, 9.17) is 10.5 Å². The molecule has 0 radical (unpaired) electrons. The number of unbranched alkanes of at least 4 members (excludes halogenated alkanes) is 1. The summed E-state index contributed by atoms with van der Waals surface area (Å²) in [5, 5.41) is 3.60. The summed E-state index contributed by atoms with van der Waals surface area (Å²) < 4.78 is 6.40. The third kappa shape index (κ3) is 5.34. The fourth-order valence-electron chi connectivity index (χ4n) is 3.90. The van der Waals surface area contributed by atoms with Crippen LogP contribution in [-0.2, 0) is 12.8 Å². The largest absolute Gasteiger partial charge is 0.485 e. The van der Waals surface area contributed by atoms with Crippen LogP contribution in [0.15, 0.2) is 30.3 Å². The van der Waals surface area contributed by atoms with Crippen molar-refractivity contribution in [1.29, 1.82) is 0 Å². The molecule has 0 aliphatic carbocycles. The SMILES string of the molecule is Cc1c(C)c2c(c(C)c1N)CC(C)(CNCCCCc1ccccc1)O2.Cl.Cl. The summed E-state index contributed by atoms with van der Waals surface area (Å²) in [6.45, 7) is 10.4. The maximum atomic E-state index is 6.40. The van der Waals surface area contributed by atoms with E-state index in [1.165, 1.54) is 35.1 Å². The number of ether oxygens (including phenoxy) is 1. The van der Waals surface area contributed by atoms with Crippen molar-refractivity contribution in [3.05, 3.63) is 58.1 Å². The highest BCUT2D eigenvalue weighted by Crippen LogP contribution is 2.43. The highest BCUT2D eigenvalue weighted by atomic mass is 35.5. The number of hydrogen-bond donors (Lipinski definition) is 2. The summed E-state index contributed by atoms with van der Waals surface area (Å²) in [6, 6.07) is 10.7. The van der Waals surface area contributed by atoms with E-state index in [-0.39, 0.29) is 30.4 Å². The van der Waals surface area contributed by atoms with Crippen LogP contribution in [0.25, 0.3) is 0 Å². The first kappa shape index (κ1) is 24.6. The van der Waals surface area contributed by atoms with Crippen molar-refractivity contribution in [2.75, 3.05) is 18.8 Å². The molecule has 3 nitrogen and oxygen atoms in total. The monoisotopic (exact) mass is 424 g/mol. The Labute approximate surface area is 182 Å². The molecule has 2 aromatic carbocycles. The van der Waals surface area contributed by atoms with Crippen molar-refractivity contribution in [2.45, 2.75) is 59.0 Å². The number of fused-ring (bicyclic) bond motifs is 1. The number of nitrogens with two attached hydrogens (primary N) is 1. The number of anilines is 1. The summed E-state index contributed by atoms with van der Waals surface area (Å²) >= 11 is 0. The lowest BCUT2D eigenvalue weighted by Gasteiger charge is -2.25. The molecule has 1 atom stereocenters. The maximum absolute atomic E-state index is 6.40. The molecular weight excluding hydrogens is 391 g/mol. The average Bonchev–Trinajstić information content (AvgIpc) is 3.00. The molecule has 1 aliphatic rings. The molecule has 0 spiro atoms. The summed E-state index contributed by atoms with van der Waals surface area (Å²) in [6.07, 6.45) is 4.47. The van der Waals surface area contributed by atoms with Crippen LogP contribution in [0, 0.1) is 20.8 Å². The zero-order chi connectivity index (χ0) is 18.7. The molecule has 28 heavy (non-hydrogen) atoms. The van der Waals surface area contributed by atoms with Gasteiger partial charge in [-0.2, -0.15) is 0 Å². The van der Waals surface area contributed by atoms with Crippen molar-refractivity contribution >= 4 is 30.5 Å². The highest BCUT2D eigenvalue weighted by Gasteiger charge is 2.37. The molecule has 0 bridgehead atoms. The van der Waals surface area contributed by atoms with Crippen LogP contribution in [0.3, 0.4) is 0 Å². The molecule has 0 amide bonds. The van der Waals surface area contributed by atoms with E-state index in [1.807, 2.05) is 0 Å². The van der Waals surface area contributed by atoms with Crippen LogP contribution < -0.4 is 15.8 Å². The van der Waals surface area contributed by atoms with Gasteiger partial charge in [-0.05, 0) is 75.8 Å². The molecule has 0 fully saturated rings. The second-order valence-electron chi connectivity index (χ2n) is 7.94. The highest BCUT2D eigenvalue weighted by molar-refractivity contribution is 5.85. The van der Waals surface area contributed by atoms with Crippen molar-refractivity contribution in [3.63, 3.8) is 0 Å². The molecular formula is C23H34Cl2N2O. The molecule has 5 heteroatoms. The number of benzene rings is 2. The second kappa shape index (κ2) is 10.4. The van der Waals surface area contributed by atoms with Gasteiger partial charge < -0.3 is 15.8 Å². The molecule has 3 rings (SSSR count). The Morgan fingerprint density at radius 3 is 2.36 bits per heavy atom. The molecule has 0 saturated heterocycles. The number of rotatable bonds is 7. The quantitative estimate of drug-likeness (QED) is 0.465. The van der Waals surface area contributed by atoms with Crippen LogP contribution in [-0.4, -0.2) is 18.7 Å². The van der Waals surface area contributed by atoms with Gasteiger partial charge in [0.2, 0.25) is 0 Å². The molecule has 1 heterocycles. The van der Waals surface area contributed by atoms with Crippen molar-refractivity contribution in [3.8, 4) is 5.75 Å². The third-order valence-corrected chi connectivity index (χ3v) is 5.75. The van der Waals surface area contributed by atoms with Gasteiger partial charge in [0.25, 0.3) is 0 Å². The van der Waals surface area contributed by atoms with Gasteiger partial charge in [0, 0.05) is 24.2 Å². The van der Waals surface area contributed by atoms with E-state index in [1.54, 1.807) is 0 Å². The number of hydrogen-bond acceptors (Lipinski definition) is 3. The Morgan fingerprint density at radius 2 is 1.68 bits per heavy atom. The summed E-state index contributed by atoms with van der Waals surface area (Å²) in [4.78, 5) is 0. The Balaban J connectivity index is 0.00000196. The molecule has 3 N–H and O–H groups in total. The summed E-state index contributed by atoms with van der Waals surface area (Å²) in [5.74, 6) is 1.06. The summed E-state index contributed by atoms with van der Waals surface area (Å²) in [7, 11) is 0. The van der Waals surface area contributed by atoms with Gasteiger partial charge >= 0.3 is 0 Å². The normalized spacial score (nSPS) is 17.3.